The Morgan fingerprint density at radius 1 is 1.00 bits per heavy atom. The fourth-order valence-corrected chi connectivity index (χ4v) is 3.03. The maximum absolute atomic E-state index is 11.9. The number of sulfonamides is 2. The Hall–Kier alpha value is -1.00. The third-order valence-corrected chi connectivity index (χ3v) is 4.68. The second-order valence-corrected chi connectivity index (χ2v) is 7.87. The Balaban J connectivity index is 2.49. The molecular weight excluding hydrogens is 302 g/mol. The third kappa shape index (κ3) is 5.97. The number of rotatable bonds is 8. The Morgan fingerprint density at radius 3 is 2.05 bits per heavy atom. The molecule has 20 heavy (non-hydrogen) atoms. The molecule has 0 amide bonds. The average molecular weight is 321 g/mol. The van der Waals surface area contributed by atoms with Crippen LogP contribution in [0.4, 0.5) is 0 Å². The number of benzene rings is 1. The largest absolute Gasteiger partial charge is 0.326 e. The standard InChI is InChI=1S/C11H19N3O4S2/c1-19(15,16)13-7-2-8-14-20(17,18)11-5-3-10(9-12)4-6-11/h3-6,13-14H,2,7-9,12H2,1H3. The summed E-state index contributed by atoms with van der Waals surface area (Å²) < 4.78 is 50.1. The molecule has 0 radical (unpaired) electrons. The van der Waals surface area contributed by atoms with Crippen LogP contribution < -0.4 is 15.2 Å². The van der Waals surface area contributed by atoms with E-state index in [1.165, 1.54) is 12.1 Å². The molecular formula is C11H19N3O4S2. The van der Waals surface area contributed by atoms with Gasteiger partial charge in [-0.15, -0.1) is 0 Å². The first-order chi connectivity index (χ1) is 9.24. The number of nitrogens with two attached hydrogens (primary N) is 1. The van der Waals surface area contributed by atoms with Crippen LogP contribution >= 0.6 is 0 Å². The highest BCUT2D eigenvalue weighted by molar-refractivity contribution is 7.89. The summed E-state index contributed by atoms with van der Waals surface area (Å²) in [6, 6.07) is 6.28. The van der Waals surface area contributed by atoms with Crippen LogP contribution in [-0.4, -0.2) is 36.2 Å². The van der Waals surface area contributed by atoms with Gasteiger partial charge in [-0.1, -0.05) is 12.1 Å². The topological polar surface area (TPSA) is 118 Å². The SMILES string of the molecule is CS(=O)(=O)NCCCNS(=O)(=O)c1ccc(CN)cc1. The summed E-state index contributed by atoms with van der Waals surface area (Å²) in [6.45, 7) is 0.696. The lowest BCUT2D eigenvalue weighted by Crippen LogP contribution is -2.29. The smallest absolute Gasteiger partial charge is 0.240 e. The first kappa shape index (κ1) is 17.1. The summed E-state index contributed by atoms with van der Waals surface area (Å²) in [5.41, 5.74) is 6.28. The van der Waals surface area contributed by atoms with E-state index in [9.17, 15) is 16.8 Å². The lowest BCUT2D eigenvalue weighted by Gasteiger charge is -2.07. The molecule has 0 fully saturated rings. The van der Waals surface area contributed by atoms with Crippen LogP contribution in [0.3, 0.4) is 0 Å². The minimum Gasteiger partial charge on any atom is -0.326 e. The molecule has 0 aliphatic carbocycles. The van der Waals surface area contributed by atoms with E-state index in [0.29, 0.717) is 13.0 Å². The van der Waals surface area contributed by atoms with Gasteiger partial charge in [0.15, 0.2) is 0 Å². The maximum Gasteiger partial charge on any atom is 0.240 e. The zero-order valence-corrected chi connectivity index (χ0v) is 12.8. The molecule has 0 aliphatic rings. The zero-order chi connectivity index (χ0) is 15.2. The molecule has 4 N–H and O–H groups in total. The molecule has 0 spiro atoms. The van der Waals surface area contributed by atoms with E-state index in [2.05, 4.69) is 9.44 Å². The summed E-state index contributed by atoms with van der Waals surface area (Å²) in [5.74, 6) is 0. The van der Waals surface area contributed by atoms with Gasteiger partial charge in [-0.3, -0.25) is 0 Å². The van der Waals surface area contributed by atoms with Crippen LogP contribution in [0.25, 0.3) is 0 Å². The molecule has 0 saturated carbocycles. The Morgan fingerprint density at radius 2 is 1.55 bits per heavy atom. The van der Waals surface area contributed by atoms with Crippen molar-refractivity contribution >= 4 is 20.0 Å². The molecule has 7 nitrogen and oxygen atoms in total. The van der Waals surface area contributed by atoms with Crippen molar-refractivity contribution in [2.45, 2.75) is 17.9 Å². The van der Waals surface area contributed by atoms with E-state index in [4.69, 9.17) is 5.73 Å². The van der Waals surface area contributed by atoms with Crippen LogP contribution in [0.1, 0.15) is 12.0 Å². The van der Waals surface area contributed by atoms with E-state index >= 15 is 0 Å². The Labute approximate surface area is 119 Å². The molecule has 114 valence electrons. The van der Waals surface area contributed by atoms with Gasteiger partial charge in [-0.2, -0.15) is 0 Å². The summed E-state index contributed by atoms with van der Waals surface area (Å²) in [7, 11) is -6.81. The third-order valence-electron chi connectivity index (χ3n) is 2.48. The minimum absolute atomic E-state index is 0.156. The van der Waals surface area contributed by atoms with Crippen molar-refractivity contribution in [2.24, 2.45) is 5.73 Å². The van der Waals surface area contributed by atoms with Crippen molar-refractivity contribution in [2.75, 3.05) is 19.3 Å². The van der Waals surface area contributed by atoms with Gasteiger partial charge in [0, 0.05) is 19.6 Å². The molecule has 1 rings (SSSR count). The van der Waals surface area contributed by atoms with Gasteiger partial charge in [0.25, 0.3) is 0 Å². The number of hydrogen-bond donors (Lipinski definition) is 3. The summed E-state index contributed by atoms with van der Waals surface area (Å²) in [6.07, 6.45) is 1.42. The van der Waals surface area contributed by atoms with E-state index in [1.807, 2.05) is 0 Å². The number of hydrogen-bond acceptors (Lipinski definition) is 5. The van der Waals surface area contributed by atoms with Crippen LogP contribution in [0.2, 0.25) is 0 Å². The molecule has 0 unspecified atom stereocenters. The van der Waals surface area contributed by atoms with Crippen LogP contribution in [-0.2, 0) is 26.6 Å². The molecule has 1 aromatic rings. The predicted molar refractivity (Wildman–Crippen MR) is 77.0 cm³/mol. The average Bonchev–Trinajstić information content (AvgIpc) is 2.37. The van der Waals surface area contributed by atoms with Gasteiger partial charge < -0.3 is 5.73 Å². The fourth-order valence-electron chi connectivity index (χ4n) is 1.44. The van der Waals surface area contributed by atoms with Gasteiger partial charge in [0.2, 0.25) is 20.0 Å². The number of nitrogens with one attached hydrogen (secondary N) is 2. The first-order valence-electron chi connectivity index (χ1n) is 5.98. The van der Waals surface area contributed by atoms with Crippen molar-refractivity contribution in [3.05, 3.63) is 29.8 Å². The lowest BCUT2D eigenvalue weighted by atomic mass is 10.2. The maximum atomic E-state index is 11.9. The van der Waals surface area contributed by atoms with Crippen LogP contribution in [0.15, 0.2) is 29.2 Å². The van der Waals surface area contributed by atoms with Crippen molar-refractivity contribution in [3.63, 3.8) is 0 Å². The molecule has 0 aliphatic heterocycles. The highest BCUT2D eigenvalue weighted by Gasteiger charge is 2.12. The van der Waals surface area contributed by atoms with Gasteiger partial charge in [0.1, 0.15) is 0 Å². The summed E-state index contributed by atoms with van der Waals surface area (Å²) in [4.78, 5) is 0.158. The Bertz CT molecular complexity index is 624. The highest BCUT2D eigenvalue weighted by Crippen LogP contribution is 2.09. The fraction of sp³-hybridized carbons (Fsp3) is 0.455. The van der Waals surface area contributed by atoms with E-state index in [-0.39, 0.29) is 18.0 Å². The van der Waals surface area contributed by atoms with Gasteiger partial charge in [-0.05, 0) is 24.1 Å². The second kappa shape index (κ2) is 7.14. The van der Waals surface area contributed by atoms with Gasteiger partial charge in [-0.25, -0.2) is 26.3 Å². The molecule has 1 aromatic carbocycles. The van der Waals surface area contributed by atoms with Gasteiger partial charge in [0.05, 0.1) is 11.2 Å². The van der Waals surface area contributed by atoms with Crippen LogP contribution in [0.5, 0.6) is 0 Å². The first-order valence-corrected chi connectivity index (χ1v) is 9.35. The van der Waals surface area contributed by atoms with Crippen LogP contribution in [0, 0.1) is 0 Å². The quantitative estimate of drug-likeness (QED) is 0.551. The van der Waals surface area contributed by atoms with Crippen molar-refractivity contribution < 1.29 is 16.8 Å². The minimum atomic E-state index is -3.57. The summed E-state index contributed by atoms with van der Waals surface area (Å²) in [5, 5.41) is 0. The second-order valence-electron chi connectivity index (χ2n) is 4.27. The highest BCUT2D eigenvalue weighted by atomic mass is 32.2. The molecule has 0 atom stereocenters. The predicted octanol–water partition coefficient (Wildman–Crippen LogP) is -0.637. The van der Waals surface area contributed by atoms with Crippen molar-refractivity contribution in [1.29, 1.82) is 0 Å². The van der Waals surface area contributed by atoms with E-state index in [0.717, 1.165) is 11.8 Å². The monoisotopic (exact) mass is 321 g/mol. The van der Waals surface area contributed by atoms with Crippen molar-refractivity contribution in [3.8, 4) is 0 Å². The molecule has 0 saturated heterocycles. The van der Waals surface area contributed by atoms with Gasteiger partial charge >= 0.3 is 0 Å². The molecule has 9 heteroatoms. The lowest BCUT2D eigenvalue weighted by molar-refractivity contribution is 0.575. The van der Waals surface area contributed by atoms with Crippen molar-refractivity contribution in [1.82, 2.24) is 9.44 Å². The normalized spacial score (nSPS) is 12.5. The zero-order valence-electron chi connectivity index (χ0n) is 11.2. The van der Waals surface area contributed by atoms with E-state index < -0.39 is 20.0 Å². The summed E-state index contributed by atoms with van der Waals surface area (Å²) >= 11 is 0. The van der Waals surface area contributed by atoms with E-state index in [1.54, 1.807) is 12.1 Å². The molecule has 0 bridgehead atoms. The Kier molecular flexibility index (Phi) is 6.08. The molecule has 0 aromatic heterocycles. The molecule has 0 heterocycles.